The highest BCUT2D eigenvalue weighted by Crippen LogP contribution is 2.12. The van der Waals surface area contributed by atoms with Gasteiger partial charge in [0.2, 0.25) is 0 Å². The summed E-state index contributed by atoms with van der Waals surface area (Å²) in [7, 11) is 0. The molecule has 6 heteroatoms. The van der Waals surface area contributed by atoms with Crippen molar-refractivity contribution in [3.63, 3.8) is 0 Å². The molecule has 59 heavy (non-hydrogen) atoms. The molecule has 0 rings (SSSR count). The Morgan fingerprint density at radius 2 is 0.746 bits per heavy atom. The SMILES string of the molecule is CC\C=C/C=C\C=C/CCCCCCCCCC(=O)OC(COC(=O)CCC/C=C\C/C=C\C/C=C\C/C=C\CCCCC)COC(=O)CCC/C=C\CCCCCC. The van der Waals surface area contributed by atoms with Gasteiger partial charge in [-0.2, -0.15) is 0 Å². The molecule has 0 bridgehead atoms. The summed E-state index contributed by atoms with van der Waals surface area (Å²) in [4.78, 5) is 37.7. The van der Waals surface area contributed by atoms with Crippen molar-refractivity contribution in [1.82, 2.24) is 0 Å². The van der Waals surface area contributed by atoms with E-state index >= 15 is 0 Å². The van der Waals surface area contributed by atoms with Crippen LogP contribution in [0.5, 0.6) is 0 Å². The number of ether oxygens (including phenoxy) is 3. The second kappa shape index (κ2) is 47.0. The first kappa shape index (κ1) is 55.3. The lowest BCUT2D eigenvalue weighted by Crippen LogP contribution is -2.30. The zero-order valence-corrected chi connectivity index (χ0v) is 38.0. The van der Waals surface area contributed by atoms with E-state index in [1.54, 1.807) is 0 Å². The molecule has 0 aromatic carbocycles. The van der Waals surface area contributed by atoms with Crippen LogP contribution in [0.1, 0.15) is 201 Å². The Morgan fingerprint density at radius 3 is 1.27 bits per heavy atom. The predicted molar refractivity (Wildman–Crippen MR) is 251 cm³/mol. The lowest BCUT2D eigenvalue weighted by molar-refractivity contribution is -0.167. The summed E-state index contributed by atoms with van der Waals surface area (Å²) in [5, 5.41) is 0. The third-order valence-corrected chi connectivity index (χ3v) is 9.60. The fraction of sp³-hybridized carbons (Fsp3) is 0.642. The molecule has 334 valence electrons. The third-order valence-electron chi connectivity index (χ3n) is 9.60. The Kier molecular flexibility index (Phi) is 44.1. The van der Waals surface area contributed by atoms with Crippen LogP contribution in [0.2, 0.25) is 0 Å². The van der Waals surface area contributed by atoms with E-state index in [0.717, 1.165) is 77.0 Å². The van der Waals surface area contributed by atoms with Gasteiger partial charge in [0.05, 0.1) is 0 Å². The molecule has 0 saturated carbocycles. The molecule has 0 amide bonds. The van der Waals surface area contributed by atoms with Crippen molar-refractivity contribution in [2.75, 3.05) is 13.2 Å². The Morgan fingerprint density at radius 1 is 0.373 bits per heavy atom. The number of esters is 3. The number of hydrogen-bond donors (Lipinski definition) is 0. The number of unbranched alkanes of at least 4 members (excludes halogenated alkanes) is 16. The zero-order valence-electron chi connectivity index (χ0n) is 38.0. The molecular formula is C53H86O6. The predicted octanol–water partition coefficient (Wildman–Crippen LogP) is 15.4. The molecule has 0 spiro atoms. The quantitative estimate of drug-likeness (QED) is 0.0201. The van der Waals surface area contributed by atoms with Crippen molar-refractivity contribution >= 4 is 17.9 Å². The van der Waals surface area contributed by atoms with Crippen LogP contribution >= 0.6 is 0 Å². The van der Waals surface area contributed by atoms with Crippen molar-refractivity contribution in [3.05, 3.63) is 97.2 Å². The maximum atomic E-state index is 12.7. The highest BCUT2D eigenvalue weighted by Gasteiger charge is 2.19. The van der Waals surface area contributed by atoms with Crippen LogP contribution in [0.15, 0.2) is 97.2 Å². The van der Waals surface area contributed by atoms with Gasteiger partial charge in [-0.3, -0.25) is 14.4 Å². The summed E-state index contributed by atoms with van der Waals surface area (Å²) in [5.74, 6) is -1.03. The average Bonchev–Trinajstić information content (AvgIpc) is 3.23. The van der Waals surface area contributed by atoms with Crippen LogP contribution in [-0.4, -0.2) is 37.2 Å². The fourth-order valence-corrected chi connectivity index (χ4v) is 6.02. The Hall–Kier alpha value is -3.67. The minimum absolute atomic E-state index is 0.116. The normalized spacial score (nSPS) is 12.9. The first-order chi connectivity index (χ1) is 29.0. The molecule has 0 aromatic heterocycles. The monoisotopic (exact) mass is 819 g/mol. The molecule has 1 unspecified atom stereocenters. The van der Waals surface area contributed by atoms with E-state index in [0.29, 0.717) is 25.7 Å². The van der Waals surface area contributed by atoms with Crippen molar-refractivity contribution in [1.29, 1.82) is 0 Å². The van der Waals surface area contributed by atoms with Crippen molar-refractivity contribution in [2.45, 2.75) is 207 Å². The maximum Gasteiger partial charge on any atom is 0.306 e. The summed E-state index contributed by atoms with van der Waals surface area (Å²) in [6, 6.07) is 0. The lowest BCUT2D eigenvalue weighted by atomic mass is 10.1. The van der Waals surface area contributed by atoms with E-state index in [4.69, 9.17) is 14.2 Å². The molecule has 0 fully saturated rings. The van der Waals surface area contributed by atoms with E-state index in [2.05, 4.69) is 118 Å². The van der Waals surface area contributed by atoms with Gasteiger partial charge in [0.15, 0.2) is 6.10 Å². The van der Waals surface area contributed by atoms with E-state index in [1.807, 2.05) is 0 Å². The van der Waals surface area contributed by atoms with Crippen molar-refractivity contribution in [2.24, 2.45) is 0 Å². The summed E-state index contributed by atoms with van der Waals surface area (Å²) >= 11 is 0. The van der Waals surface area contributed by atoms with E-state index in [9.17, 15) is 14.4 Å². The molecule has 6 nitrogen and oxygen atoms in total. The van der Waals surface area contributed by atoms with Crippen LogP contribution in [0, 0.1) is 0 Å². The molecule has 1 atom stereocenters. The molecule has 0 aliphatic rings. The van der Waals surface area contributed by atoms with Gasteiger partial charge in [-0.15, -0.1) is 0 Å². The third kappa shape index (κ3) is 45.3. The van der Waals surface area contributed by atoms with Crippen LogP contribution in [0.3, 0.4) is 0 Å². The average molecular weight is 819 g/mol. The van der Waals surface area contributed by atoms with Gasteiger partial charge in [0.25, 0.3) is 0 Å². The molecule has 0 aromatic rings. The Balaban J connectivity index is 4.50. The van der Waals surface area contributed by atoms with Crippen molar-refractivity contribution < 1.29 is 28.6 Å². The second-order valence-corrected chi connectivity index (χ2v) is 15.3. The molecule has 0 saturated heterocycles. The summed E-state index contributed by atoms with van der Waals surface area (Å²) in [6.07, 6.45) is 61.2. The van der Waals surface area contributed by atoms with Gasteiger partial charge in [-0.1, -0.05) is 182 Å². The molecule has 0 aliphatic heterocycles. The van der Waals surface area contributed by atoms with E-state index < -0.39 is 6.10 Å². The van der Waals surface area contributed by atoms with Gasteiger partial charge in [0.1, 0.15) is 13.2 Å². The summed E-state index contributed by atoms with van der Waals surface area (Å²) in [5.41, 5.74) is 0. The summed E-state index contributed by atoms with van der Waals surface area (Å²) in [6.45, 7) is 6.34. The Labute approximate surface area is 362 Å². The Bertz CT molecular complexity index is 1220. The van der Waals surface area contributed by atoms with Crippen LogP contribution in [-0.2, 0) is 28.6 Å². The lowest BCUT2D eigenvalue weighted by Gasteiger charge is -2.18. The smallest absolute Gasteiger partial charge is 0.306 e. The van der Waals surface area contributed by atoms with E-state index in [1.165, 1.54) is 70.6 Å². The van der Waals surface area contributed by atoms with E-state index in [-0.39, 0.29) is 37.5 Å². The number of rotatable bonds is 41. The fourth-order valence-electron chi connectivity index (χ4n) is 6.02. The van der Waals surface area contributed by atoms with Gasteiger partial charge >= 0.3 is 17.9 Å². The molecule has 0 N–H and O–H groups in total. The minimum Gasteiger partial charge on any atom is -0.462 e. The van der Waals surface area contributed by atoms with Gasteiger partial charge in [-0.05, 0) is 96.3 Å². The standard InChI is InChI=1S/C53H86O6/c1-4-7-10-13-16-19-21-23-25-26-28-29-31-34-37-40-43-46-52(55)58-49-50(48-57-51(54)45-42-39-36-33-18-15-12-9-6-3)59-53(56)47-44-41-38-35-32-30-27-24-22-20-17-14-11-8-5-2/h8,11,14,16-17,19-20,22-23,25,28-29,33-34,36-37,50H,4-7,9-10,12-13,15,18,21,24,26-27,30-32,35,38-49H2,1-3H3/b11-8-,17-14-,19-16-,22-20-,25-23-,29-28-,36-33-,37-34-. The topological polar surface area (TPSA) is 78.9 Å². The number of allylic oxidation sites excluding steroid dienone is 16. The number of carbonyl (C=O) groups excluding carboxylic acids is 3. The largest absolute Gasteiger partial charge is 0.462 e. The molecule has 0 heterocycles. The van der Waals surface area contributed by atoms with Gasteiger partial charge in [-0.25, -0.2) is 0 Å². The first-order valence-corrected chi connectivity index (χ1v) is 23.8. The van der Waals surface area contributed by atoms with Gasteiger partial charge in [0, 0.05) is 19.3 Å². The zero-order chi connectivity index (χ0) is 43.0. The maximum absolute atomic E-state index is 12.7. The molecular weight excluding hydrogens is 733 g/mol. The highest BCUT2D eigenvalue weighted by molar-refractivity contribution is 5.71. The van der Waals surface area contributed by atoms with Gasteiger partial charge < -0.3 is 14.2 Å². The van der Waals surface area contributed by atoms with Crippen LogP contribution in [0.25, 0.3) is 0 Å². The second-order valence-electron chi connectivity index (χ2n) is 15.3. The molecule has 0 radical (unpaired) electrons. The number of carbonyl (C=O) groups is 3. The van der Waals surface area contributed by atoms with Crippen LogP contribution in [0.4, 0.5) is 0 Å². The summed E-state index contributed by atoms with van der Waals surface area (Å²) < 4.78 is 16.6. The van der Waals surface area contributed by atoms with Crippen molar-refractivity contribution in [3.8, 4) is 0 Å². The first-order valence-electron chi connectivity index (χ1n) is 23.8. The minimum atomic E-state index is -0.815. The van der Waals surface area contributed by atoms with Crippen LogP contribution < -0.4 is 0 Å². The highest BCUT2D eigenvalue weighted by atomic mass is 16.6. The molecule has 0 aliphatic carbocycles. The number of hydrogen-bond acceptors (Lipinski definition) is 6.